The number of hydrogen-bond acceptors (Lipinski definition) is 7. The number of rotatable bonds is 5. The van der Waals surface area contributed by atoms with Gasteiger partial charge in [0.15, 0.2) is 0 Å². The number of nitrogens with zero attached hydrogens (tertiary/aromatic N) is 2. The van der Waals surface area contributed by atoms with Crippen molar-refractivity contribution in [2.75, 3.05) is 0 Å². The van der Waals surface area contributed by atoms with Gasteiger partial charge in [0, 0.05) is 24.8 Å². The Bertz CT molecular complexity index is 869. The van der Waals surface area contributed by atoms with E-state index in [0.29, 0.717) is 5.75 Å². The first kappa shape index (κ1) is 23.5. The van der Waals surface area contributed by atoms with E-state index in [-0.39, 0.29) is 0 Å². The minimum atomic E-state index is -2.17. The van der Waals surface area contributed by atoms with Gasteiger partial charge in [0.05, 0.1) is 5.60 Å². The minimum Gasteiger partial charge on any atom is -0.485 e. The van der Waals surface area contributed by atoms with Crippen molar-refractivity contribution < 1.29 is 24.9 Å². The van der Waals surface area contributed by atoms with Crippen LogP contribution in [0.5, 0.6) is 5.75 Å². The van der Waals surface area contributed by atoms with E-state index in [1.165, 1.54) is 0 Å². The van der Waals surface area contributed by atoms with Crippen LogP contribution >= 0.6 is 0 Å². The molecule has 0 unspecified atom stereocenters. The molecule has 0 aliphatic carbocycles. The van der Waals surface area contributed by atoms with Crippen LogP contribution in [0.1, 0.15) is 27.7 Å². The largest absolute Gasteiger partial charge is 0.631 e. The van der Waals surface area contributed by atoms with Crippen molar-refractivity contribution in [1.29, 1.82) is 0 Å². The molecule has 1 aromatic carbocycles. The highest BCUT2D eigenvalue weighted by Crippen LogP contribution is 2.34. The Hall–Kier alpha value is -2.78. The lowest BCUT2D eigenvalue weighted by molar-refractivity contribution is -0.0906. The van der Waals surface area contributed by atoms with Crippen molar-refractivity contribution in [1.82, 2.24) is 9.97 Å². The van der Waals surface area contributed by atoms with Gasteiger partial charge in [-0.15, -0.1) is 0 Å². The van der Waals surface area contributed by atoms with Crippen molar-refractivity contribution in [3.8, 4) is 28.0 Å². The summed E-state index contributed by atoms with van der Waals surface area (Å²) in [5.41, 5.74) is 2.44. The molecule has 4 N–H and O–H groups in total. The van der Waals surface area contributed by atoms with Crippen molar-refractivity contribution in [3.63, 3.8) is 0 Å². The van der Waals surface area contributed by atoms with Gasteiger partial charge in [0.1, 0.15) is 11.4 Å². The van der Waals surface area contributed by atoms with Gasteiger partial charge in [-0.3, -0.25) is 9.97 Å². The molecule has 0 aliphatic heterocycles. The Balaban J connectivity index is 0.000000735. The third-order valence-electron chi connectivity index (χ3n) is 4.78. The summed E-state index contributed by atoms with van der Waals surface area (Å²) in [6.45, 7) is 7.28. The van der Waals surface area contributed by atoms with Crippen LogP contribution in [-0.2, 0) is 0 Å². The van der Waals surface area contributed by atoms with E-state index in [1.807, 2.05) is 50.2 Å². The topological polar surface area (TPSA) is 116 Å². The van der Waals surface area contributed by atoms with Crippen molar-refractivity contribution >= 4 is 7.32 Å². The summed E-state index contributed by atoms with van der Waals surface area (Å²) in [6.07, 6.45) is 7.09. The number of benzene rings is 1. The smallest absolute Gasteiger partial charge is 0.485 e. The lowest BCUT2D eigenvalue weighted by atomic mass is 9.89. The van der Waals surface area contributed by atoms with Gasteiger partial charge in [0.25, 0.3) is 0 Å². The molecule has 0 aliphatic rings. The lowest BCUT2D eigenvalue weighted by Gasteiger charge is -2.37. The number of aromatic nitrogens is 2. The summed E-state index contributed by atoms with van der Waals surface area (Å²) in [4.78, 5) is 8.19. The number of hydrogen-bond donors (Lipinski definition) is 4. The van der Waals surface area contributed by atoms with Gasteiger partial charge in [0.2, 0.25) is 0 Å². The monoisotopic (exact) mass is 410 g/mol. The summed E-state index contributed by atoms with van der Waals surface area (Å²) in [5, 5.41) is 31.9. The molecular weight excluding hydrogens is 383 g/mol. The second-order valence-corrected chi connectivity index (χ2v) is 7.74. The molecule has 3 aromatic rings. The summed E-state index contributed by atoms with van der Waals surface area (Å²) < 4.78 is 6.21. The molecule has 0 atom stereocenters. The van der Waals surface area contributed by atoms with Crippen molar-refractivity contribution in [3.05, 3.63) is 67.3 Å². The van der Waals surface area contributed by atoms with Gasteiger partial charge >= 0.3 is 7.32 Å². The Labute approximate surface area is 176 Å². The van der Waals surface area contributed by atoms with Gasteiger partial charge in [-0.2, -0.15) is 0 Å². The van der Waals surface area contributed by atoms with Crippen LogP contribution in [0, 0.1) is 0 Å². The quantitative estimate of drug-likeness (QED) is 0.478. The number of aliphatic hydroxyl groups is 1. The second-order valence-electron chi connectivity index (χ2n) is 7.74. The molecule has 0 radical (unpaired) electrons. The van der Waals surface area contributed by atoms with Crippen LogP contribution in [0.4, 0.5) is 0 Å². The summed E-state index contributed by atoms with van der Waals surface area (Å²) in [6, 6.07) is 14.0. The van der Waals surface area contributed by atoms with Crippen LogP contribution in [0.3, 0.4) is 0 Å². The molecule has 158 valence electrons. The first-order valence-corrected chi connectivity index (χ1v) is 9.41. The molecule has 30 heavy (non-hydrogen) atoms. The fourth-order valence-electron chi connectivity index (χ4n) is 2.50. The molecule has 0 bridgehead atoms. The first-order chi connectivity index (χ1) is 14.0. The molecule has 0 amide bonds. The van der Waals surface area contributed by atoms with Crippen LogP contribution in [0.15, 0.2) is 67.3 Å². The Morgan fingerprint density at radius 1 is 0.700 bits per heavy atom. The molecule has 2 aromatic heterocycles. The normalized spacial score (nSPS) is 11.3. The van der Waals surface area contributed by atoms with Gasteiger partial charge < -0.3 is 24.9 Å². The molecule has 3 rings (SSSR count). The average Bonchev–Trinajstić information content (AvgIpc) is 2.67. The zero-order valence-electron chi connectivity index (χ0n) is 17.5. The van der Waals surface area contributed by atoms with Gasteiger partial charge in [-0.1, -0.05) is 0 Å². The molecule has 2 heterocycles. The highest BCUT2D eigenvalue weighted by atomic mass is 16.5. The van der Waals surface area contributed by atoms with E-state index in [4.69, 9.17) is 19.8 Å². The fraction of sp³-hybridized carbons (Fsp3) is 0.273. The highest BCUT2D eigenvalue weighted by Gasteiger charge is 2.37. The molecule has 8 heteroatoms. The van der Waals surface area contributed by atoms with E-state index in [2.05, 4.69) is 16.0 Å². The highest BCUT2D eigenvalue weighted by molar-refractivity contribution is 6.30. The van der Waals surface area contributed by atoms with Crippen LogP contribution < -0.4 is 4.74 Å². The van der Waals surface area contributed by atoms with E-state index in [0.717, 1.165) is 22.3 Å². The third kappa shape index (κ3) is 6.64. The average molecular weight is 410 g/mol. The van der Waals surface area contributed by atoms with Gasteiger partial charge in [-0.05, 0) is 92.4 Å². The van der Waals surface area contributed by atoms with Crippen molar-refractivity contribution in [2.45, 2.75) is 38.9 Å². The summed E-state index contributed by atoms with van der Waals surface area (Å²) in [5.74, 6) is 0.707. The van der Waals surface area contributed by atoms with Crippen molar-refractivity contribution in [2.24, 2.45) is 0 Å². The third-order valence-corrected chi connectivity index (χ3v) is 4.78. The standard InChI is InChI=1S/C22H24N2O2.BH3O3/c1-21(2,25)22(3,4)26-20-14-18(16-5-9-23-10-6-16)13-19(15-20)17-7-11-24-12-8-17;2-1(3)4/h5-15,25H,1-4H3;2-4H. The predicted molar refractivity (Wildman–Crippen MR) is 116 cm³/mol. The Morgan fingerprint density at radius 2 is 1.07 bits per heavy atom. The summed E-state index contributed by atoms with van der Waals surface area (Å²) in [7, 11) is -2.17. The zero-order chi connectivity index (χ0) is 22.4. The van der Waals surface area contributed by atoms with E-state index in [1.54, 1.807) is 38.6 Å². The molecule has 0 spiro atoms. The van der Waals surface area contributed by atoms with Crippen LogP contribution in [-0.4, -0.2) is 48.7 Å². The Morgan fingerprint density at radius 3 is 1.40 bits per heavy atom. The molecule has 7 nitrogen and oxygen atoms in total. The predicted octanol–water partition coefficient (Wildman–Crippen LogP) is 2.69. The maximum Gasteiger partial charge on any atom is 0.631 e. The first-order valence-electron chi connectivity index (χ1n) is 9.41. The van der Waals surface area contributed by atoms with E-state index < -0.39 is 18.5 Å². The van der Waals surface area contributed by atoms with Crippen LogP contribution in [0.25, 0.3) is 22.3 Å². The maximum atomic E-state index is 10.4. The molecular formula is C22H27BN2O5. The van der Waals surface area contributed by atoms with Crippen LogP contribution in [0.2, 0.25) is 0 Å². The summed E-state index contributed by atoms with van der Waals surface area (Å²) >= 11 is 0. The molecule has 0 fully saturated rings. The zero-order valence-corrected chi connectivity index (χ0v) is 17.5. The number of pyridine rings is 2. The molecule has 0 saturated carbocycles. The maximum absolute atomic E-state index is 10.4. The SMILES string of the molecule is CC(C)(O)C(C)(C)Oc1cc(-c2ccncc2)cc(-c2ccncc2)c1.OB(O)O. The molecule has 0 saturated heterocycles. The van der Waals surface area contributed by atoms with E-state index in [9.17, 15) is 5.11 Å². The van der Waals surface area contributed by atoms with E-state index >= 15 is 0 Å². The second kappa shape index (κ2) is 9.82. The van der Waals surface area contributed by atoms with Gasteiger partial charge in [-0.25, -0.2) is 0 Å². The minimum absolute atomic E-state index is 0.707. The number of ether oxygens (including phenoxy) is 1. The fourth-order valence-corrected chi connectivity index (χ4v) is 2.50. The lowest BCUT2D eigenvalue weighted by Crippen LogP contribution is -2.49. The Kier molecular flexibility index (Phi) is 7.69.